The minimum atomic E-state index is 0.293. The molecule has 2 atom stereocenters. The van der Waals surface area contributed by atoms with Crippen LogP contribution in [0.2, 0.25) is 0 Å². The van der Waals surface area contributed by atoms with Crippen LogP contribution in [0.15, 0.2) is 18.2 Å². The Morgan fingerprint density at radius 3 is 2.81 bits per heavy atom. The summed E-state index contributed by atoms with van der Waals surface area (Å²) in [5.74, 6) is 0.976. The highest BCUT2D eigenvalue weighted by Crippen LogP contribution is 2.26. The molecule has 2 rings (SSSR count). The quantitative estimate of drug-likeness (QED) is 0.897. The molecule has 1 aromatic carbocycles. The van der Waals surface area contributed by atoms with Crippen LogP contribution in [0.4, 0.5) is 0 Å². The molecule has 0 saturated carbocycles. The Morgan fingerprint density at radius 1 is 1.33 bits per heavy atom. The Labute approximate surface area is 129 Å². The van der Waals surface area contributed by atoms with E-state index in [-0.39, 0.29) is 0 Å². The van der Waals surface area contributed by atoms with Gasteiger partial charge in [0, 0.05) is 43.8 Å². The van der Waals surface area contributed by atoms with Crippen molar-refractivity contribution >= 4 is 0 Å². The predicted octanol–water partition coefficient (Wildman–Crippen LogP) is 1.90. The largest absolute Gasteiger partial charge is 0.496 e. The molecule has 118 valence electrons. The van der Waals surface area contributed by atoms with Gasteiger partial charge in [0.25, 0.3) is 0 Å². The SMILES string of the molecule is COc1cc(C)ccc1C(C)NCC1CN(C)CCN1C. The van der Waals surface area contributed by atoms with Crippen LogP contribution in [0.1, 0.15) is 24.1 Å². The molecule has 0 aliphatic carbocycles. The monoisotopic (exact) mass is 291 g/mol. The lowest BCUT2D eigenvalue weighted by molar-refractivity contribution is 0.111. The van der Waals surface area contributed by atoms with Crippen molar-refractivity contribution in [3.63, 3.8) is 0 Å². The number of benzene rings is 1. The first kappa shape index (κ1) is 16.3. The van der Waals surface area contributed by atoms with Crippen molar-refractivity contribution in [2.45, 2.75) is 25.9 Å². The summed E-state index contributed by atoms with van der Waals surface area (Å²) < 4.78 is 5.52. The van der Waals surface area contributed by atoms with Crippen LogP contribution in [0.3, 0.4) is 0 Å². The fraction of sp³-hybridized carbons (Fsp3) is 0.647. The maximum absolute atomic E-state index is 5.52. The molecule has 0 radical (unpaired) electrons. The lowest BCUT2D eigenvalue weighted by Crippen LogP contribution is -2.53. The summed E-state index contributed by atoms with van der Waals surface area (Å²) in [4.78, 5) is 4.86. The molecular weight excluding hydrogens is 262 g/mol. The number of methoxy groups -OCH3 is 1. The van der Waals surface area contributed by atoms with Crippen LogP contribution in [0.5, 0.6) is 5.75 Å². The van der Waals surface area contributed by atoms with Crippen molar-refractivity contribution < 1.29 is 4.74 Å². The Hall–Kier alpha value is -1.10. The van der Waals surface area contributed by atoms with Gasteiger partial charge < -0.3 is 15.0 Å². The molecule has 1 fully saturated rings. The van der Waals surface area contributed by atoms with E-state index in [2.05, 4.69) is 61.3 Å². The van der Waals surface area contributed by atoms with Gasteiger partial charge in [-0.1, -0.05) is 12.1 Å². The third-order valence-electron chi connectivity index (χ3n) is 4.50. The van der Waals surface area contributed by atoms with E-state index in [4.69, 9.17) is 4.74 Å². The number of likely N-dealkylation sites (N-methyl/N-ethyl adjacent to an activating group) is 2. The summed E-state index contributed by atoms with van der Waals surface area (Å²) in [5.41, 5.74) is 2.46. The molecule has 1 heterocycles. The van der Waals surface area contributed by atoms with E-state index >= 15 is 0 Å². The van der Waals surface area contributed by atoms with E-state index < -0.39 is 0 Å². The molecule has 4 heteroatoms. The maximum atomic E-state index is 5.52. The van der Waals surface area contributed by atoms with Gasteiger partial charge >= 0.3 is 0 Å². The lowest BCUT2D eigenvalue weighted by Gasteiger charge is -2.38. The molecule has 1 saturated heterocycles. The third kappa shape index (κ3) is 4.19. The number of hydrogen-bond acceptors (Lipinski definition) is 4. The lowest BCUT2D eigenvalue weighted by atomic mass is 10.0. The van der Waals surface area contributed by atoms with Crippen LogP contribution in [-0.4, -0.2) is 63.2 Å². The van der Waals surface area contributed by atoms with Crippen LogP contribution in [0, 0.1) is 6.92 Å². The van der Waals surface area contributed by atoms with E-state index in [0.29, 0.717) is 12.1 Å². The smallest absolute Gasteiger partial charge is 0.123 e. The Morgan fingerprint density at radius 2 is 2.10 bits per heavy atom. The highest BCUT2D eigenvalue weighted by atomic mass is 16.5. The Balaban J connectivity index is 1.96. The van der Waals surface area contributed by atoms with Gasteiger partial charge in [0.1, 0.15) is 5.75 Å². The van der Waals surface area contributed by atoms with Gasteiger partial charge in [0.15, 0.2) is 0 Å². The number of piperazine rings is 1. The minimum Gasteiger partial charge on any atom is -0.496 e. The average Bonchev–Trinajstić information content (AvgIpc) is 2.47. The van der Waals surface area contributed by atoms with Gasteiger partial charge in [-0.05, 0) is 39.6 Å². The van der Waals surface area contributed by atoms with Crippen molar-refractivity contribution in [1.82, 2.24) is 15.1 Å². The van der Waals surface area contributed by atoms with Gasteiger partial charge in [-0.2, -0.15) is 0 Å². The second kappa shape index (κ2) is 7.25. The maximum Gasteiger partial charge on any atom is 0.123 e. The van der Waals surface area contributed by atoms with Crippen molar-refractivity contribution in [2.24, 2.45) is 0 Å². The summed E-state index contributed by atoms with van der Waals surface area (Å²) in [5, 5.41) is 3.67. The number of hydrogen-bond donors (Lipinski definition) is 1. The molecule has 2 unspecified atom stereocenters. The van der Waals surface area contributed by atoms with E-state index in [9.17, 15) is 0 Å². The van der Waals surface area contributed by atoms with E-state index in [1.165, 1.54) is 11.1 Å². The Kier molecular flexibility index (Phi) is 5.62. The van der Waals surface area contributed by atoms with Crippen molar-refractivity contribution in [1.29, 1.82) is 0 Å². The summed E-state index contributed by atoms with van der Waals surface area (Å²) in [7, 11) is 6.16. The first-order valence-corrected chi connectivity index (χ1v) is 7.78. The van der Waals surface area contributed by atoms with Gasteiger partial charge in [-0.25, -0.2) is 0 Å². The standard InChI is InChI=1S/C17H29N3O/c1-13-6-7-16(17(10-13)21-5)14(2)18-11-15-12-19(3)8-9-20(15)4/h6-7,10,14-15,18H,8-9,11-12H2,1-5H3. The topological polar surface area (TPSA) is 27.7 Å². The number of nitrogens with zero attached hydrogens (tertiary/aromatic N) is 2. The fourth-order valence-electron chi connectivity index (χ4n) is 2.92. The molecule has 1 aliphatic rings. The first-order valence-electron chi connectivity index (χ1n) is 7.78. The minimum absolute atomic E-state index is 0.293. The van der Waals surface area contributed by atoms with Crippen LogP contribution >= 0.6 is 0 Å². The Bertz CT molecular complexity index is 463. The molecule has 21 heavy (non-hydrogen) atoms. The second-order valence-corrected chi connectivity index (χ2v) is 6.27. The molecule has 0 spiro atoms. The van der Waals surface area contributed by atoms with Crippen LogP contribution < -0.4 is 10.1 Å². The van der Waals surface area contributed by atoms with Gasteiger partial charge in [-0.15, -0.1) is 0 Å². The summed E-state index contributed by atoms with van der Waals surface area (Å²) in [6.07, 6.45) is 0. The zero-order valence-corrected chi connectivity index (χ0v) is 14.0. The third-order valence-corrected chi connectivity index (χ3v) is 4.50. The highest BCUT2D eigenvalue weighted by molar-refractivity contribution is 5.39. The van der Waals surface area contributed by atoms with Gasteiger partial charge in [0.05, 0.1) is 7.11 Å². The predicted molar refractivity (Wildman–Crippen MR) is 88.1 cm³/mol. The summed E-state index contributed by atoms with van der Waals surface area (Å²) in [6, 6.07) is 7.29. The average molecular weight is 291 g/mol. The molecule has 0 aromatic heterocycles. The number of aryl methyl sites for hydroxylation is 1. The zero-order chi connectivity index (χ0) is 15.4. The highest BCUT2D eigenvalue weighted by Gasteiger charge is 2.22. The first-order chi connectivity index (χ1) is 10.0. The van der Waals surface area contributed by atoms with Crippen LogP contribution in [0.25, 0.3) is 0 Å². The summed E-state index contributed by atoms with van der Waals surface area (Å²) >= 11 is 0. The number of ether oxygens (including phenoxy) is 1. The van der Waals surface area contributed by atoms with E-state index in [1.54, 1.807) is 7.11 Å². The molecule has 0 bridgehead atoms. The summed E-state index contributed by atoms with van der Waals surface area (Å²) in [6.45, 7) is 8.73. The number of nitrogens with one attached hydrogen (secondary N) is 1. The van der Waals surface area contributed by atoms with Gasteiger partial charge in [-0.3, -0.25) is 4.90 Å². The normalized spacial score (nSPS) is 22.2. The van der Waals surface area contributed by atoms with Crippen molar-refractivity contribution in [3.05, 3.63) is 29.3 Å². The van der Waals surface area contributed by atoms with E-state index in [0.717, 1.165) is 31.9 Å². The van der Waals surface area contributed by atoms with Crippen LogP contribution in [-0.2, 0) is 0 Å². The molecule has 0 amide bonds. The van der Waals surface area contributed by atoms with Gasteiger partial charge in [0.2, 0.25) is 0 Å². The second-order valence-electron chi connectivity index (χ2n) is 6.27. The van der Waals surface area contributed by atoms with Crippen molar-refractivity contribution in [3.8, 4) is 5.75 Å². The molecule has 4 nitrogen and oxygen atoms in total. The fourth-order valence-corrected chi connectivity index (χ4v) is 2.92. The molecular formula is C17H29N3O. The molecule has 1 N–H and O–H groups in total. The zero-order valence-electron chi connectivity index (χ0n) is 14.0. The molecule has 1 aromatic rings. The van der Waals surface area contributed by atoms with E-state index in [1.807, 2.05) is 0 Å². The van der Waals surface area contributed by atoms with Crippen molar-refractivity contribution in [2.75, 3.05) is 47.4 Å². The number of rotatable bonds is 5. The molecule has 1 aliphatic heterocycles.